The molecule has 1 fully saturated rings. The lowest BCUT2D eigenvalue weighted by molar-refractivity contribution is -0.144. The van der Waals surface area contributed by atoms with Crippen molar-refractivity contribution in [2.75, 3.05) is 12.4 Å². The Hall–Kier alpha value is -2.48. The Bertz CT molecular complexity index is 1030. The third-order valence-electron chi connectivity index (χ3n) is 7.79. The summed E-state index contributed by atoms with van der Waals surface area (Å²) >= 11 is 0. The average molecular weight is 511 g/mol. The fourth-order valence-corrected chi connectivity index (χ4v) is 5.34. The fourth-order valence-electron chi connectivity index (χ4n) is 4.39. The number of esters is 1. The SMILES string of the molecule is COC(=O)[C@@H](NC1(C(=O)Nc2ccccc2CO[Si](C)(C)C(C)(C)C)CCCCC1)c1ccccc1. The number of nitrogens with one attached hydrogen (secondary N) is 2. The smallest absolute Gasteiger partial charge is 0.327 e. The van der Waals surface area contributed by atoms with Gasteiger partial charge in [0.1, 0.15) is 6.04 Å². The van der Waals surface area contributed by atoms with Crippen LogP contribution in [0.15, 0.2) is 54.6 Å². The van der Waals surface area contributed by atoms with Crippen molar-refractivity contribution in [2.24, 2.45) is 0 Å². The number of rotatable bonds is 9. The second-order valence-corrected chi connectivity index (χ2v) is 16.1. The average Bonchev–Trinajstić information content (AvgIpc) is 2.86. The van der Waals surface area contributed by atoms with E-state index < -0.39 is 25.9 Å². The van der Waals surface area contributed by atoms with Gasteiger partial charge in [-0.25, -0.2) is 4.79 Å². The number of hydrogen-bond donors (Lipinski definition) is 2. The van der Waals surface area contributed by atoms with Crippen molar-refractivity contribution in [1.29, 1.82) is 0 Å². The van der Waals surface area contributed by atoms with Crippen LogP contribution < -0.4 is 10.6 Å². The molecule has 0 spiro atoms. The molecule has 1 aliphatic rings. The van der Waals surface area contributed by atoms with E-state index in [1.165, 1.54) is 7.11 Å². The molecule has 0 radical (unpaired) electrons. The molecule has 1 atom stereocenters. The number of methoxy groups -OCH3 is 1. The van der Waals surface area contributed by atoms with Crippen molar-refractivity contribution in [3.63, 3.8) is 0 Å². The maximum absolute atomic E-state index is 13.9. The van der Waals surface area contributed by atoms with Gasteiger partial charge in [0.05, 0.1) is 19.3 Å². The van der Waals surface area contributed by atoms with Gasteiger partial charge in [-0.05, 0) is 48.2 Å². The van der Waals surface area contributed by atoms with Gasteiger partial charge in [0, 0.05) is 5.69 Å². The number of benzene rings is 2. The number of hydrogen-bond acceptors (Lipinski definition) is 5. The van der Waals surface area contributed by atoms with E-state index in [0.717, 1.165) is 36.1 Å². The highest BCUT2D eigenvalue weighted by Crippen LogP contribution is 2.38. The van der Waals surface area contributed by atoms with Crippen LogP contribution in [0.25, 0.3) is 0 Å². The first-order valence-corrected chi connectivity index (χ1v) is 15.8. The molecule has 0 aliphatic heterocycles. The van der Waals surface area contributed by atoms with Gasteiger partial charge < -0.3 is 14.5 Å². The zero-order valence-corrected chi connectivity index (χ0v) is 23.6. The summed E-state index contributed by atoms with van der Waals surface area (Å²) in [6.07, 6.45) is 4.21. The standard InChI is InChI=1S/C29H42N2O4Si/c1-28(2,3)36(5,6)35-21-23-17-11-12-18-24(23)30-27(33)29(19-13-8-14-20-29)31-25(26(32)34-4)22-15-9-7-10-16-22/h7,9-12,15-18,25,31H,8,13-14,19-21H2,1-6H3,(H,30,33)/t25-/m0/s1. The third-order valence-corrected chi connectivity index (χ3v) is 12.3. The van der Waals surface area contributed by atoms with Crippen LogP contribution in [0.1, 0.15) is 70.0 Å². The summed E-state index contributed by atoms with van der Waals surface area (Å²) in [7, 11) is -0.569. The normalized spacial score (nSPS) is 16.7. The lowest BCUT2D eigenvalue weighted by atomic mass is 9.79. The molecule has 0 unspecified atom stereocenters. The van der Waals surface area contributed by atoms with Crippen LogP contribution in [-0.2, 0) is 25.4 Å². The molecule has 1 saturated carbocycles. The number of amides is 1. The Morgan fingerprint density at radius 1 is 0.972 bits per heavy atom. The molecule has 7 heteroatoms. The minimum atomic E-state index is -1.95. The first kappa shape index (κ1) is 28.1. The molecule has 2 aromatic rings. The topological polar surface area (TPSA) is 76.7 Å². The minimum Gasteiger partial charge on any atom is -0.468 e. The molecule has 36 heavy (non-hydrogen) atoms. The summed E-state index contributed by atoms with van der Waals surface area (Å²) in [6.45, 7) is 11.6. The number of ether oxygens (including phenoxy) is 1. The quantitative estimate of drug-likeness (QED) is 0.303. The van der Waals surface area contributed by atoms with Gasteiger partial charge in [0.15, 0.2) is 8.32 Å². The Labute approximate surface area is 217 Å². The number of carbonyl (C=O) groups excluding carboxylic acids is 2. The van der Waals surface area contributed by atoms with Gasteiger partial charge in [0.2, 0.25) is 5.91 Å². The molecule has 0 saturated heterocycles. The second kappa shape index (κ2) is 11.7. The minimum absolute atomic E-state index is 0.0988. The van der Waals surface area contributed by atoms with Crippen molar-refractivity contribution in [1.82, 2.24) is 5.32 Å². The summed E-state index contributed by atoms with van der Waals surface area (Å²) in [5, 5.41) is 6.73. The van der Waals surface area contributed by atoms with Crippen LogP contribution in [0, 0.1) is 0 Å². The summed E-state index contributed by atoms with van der Waals surface area (Å²) in [5.74, 6) is -0.520. The summed E-state index contributed by atoms with van der Waals surface area (Å²) in [6, 6.07) is 16.6. The predicted octanol–water partition coefficient (Wildman–Crippen LogP) is 6.35. The van der Waals surface area contributed by atoms with Crippen LogP contribution in [0.4, 0.5) is 5.69 Å². The molecule has 0 bridgehead atoms. The van der Waals surface area contributed by atoms with Gasteiger partial charge in [-0.2, -0.15) is 0 Å². The van der Waals surface area contributed by atoms with Crippen molar-refractivity contribution in [3.05, 3.63) is 65.7 Å². The first-order valence-electron chi connectivity index (χ1n) is 12.9. The van der Waals surface area contributed by atoms with Gasteiger partial charge in [0.25, 0.3) is 0 Å². The molecule has 1 amide bonds. The first-order chi connectivity index (χ1) is 17.0. The van der Waals surface area contributed by atoms with Gasteiger partial charge in [-0.3, -0.25) is 10.1 Å². The zero-order chi connectivity index (χ0) is 26.4. The molecule has 1 aliphatic carbocycles. The maximum atomic E-state index is 13.9. The number of carbonyl (C=O) groups is 2. The van der Waals surface area contributed by atoms with Crippen LogP contribution in [0.5, 0.6) is 0 Å². The Balaban J connectivity index is 1.86. The van der Waals surface area contributed by atoms with Crippen molar-refractivity contribution >= 4 is 25.9 Å². The van der Waals surface area contributed by atoms with Gasteiger partial charge in [-0.15, -0.1) is 0 Å². The van der Waals surface area contributed by atoms with Crippen LogP contribution in [-0.4, -0.2) is 32.8 Å². The number of anilines is 1. The van der Waals surface area contributed by atoms with E-state index in [1.54, 1.807) is 0 Å². The van der Waals surface area contributed by atoms with Crippen molar-refractivity contribution in [3.8, 4) is 0 Å². The predicted molar refractivity (Wildman–Crippen MR) is 147 cm³/mol. The Morgan fingerprint density at radius 3 is 2.19 bits per heavy atom. The van der Waals surface area contributed by atoms with Crippen LogP contribution in [0.3, 0.4) is 0 Å². The van der Waals surface area contributed by atoms with Crippen molar-refractivity contribution < 1.29 is 18.8 Å². The van der Waals surface area contributed by atoms with E-state index in [9.17, 15) is 9.59 Å². The lowest BCUT2D eigenvalue weighted by Gasteiger charge is -2.39. The van der Waals surface area contributed by atoms with E-state index in [1.807, 2.05) is 54.6 Å². The van der Waals surface area contributed by atoms with Gasteiger partial charge >= 0.3 is 5.97 Å². The molecular formula is C29H42N2O4Si. The highest BCUT2D eigenvalue weighted by Gasteiger charge is 2.43. The molecule has 2 N–H and O–H groups in total. The molecule has 0 heterocycles. The molecule has 196 valence electrons. The molecule has 2 aromatic carbocycles. The Kier molecular flexibility index (Phi) is 9.14. The lowest BCUT2D eigenvalue weighted by Crippen LogP contribution is -2.58. The molecular weight excluding hydrogens is 468 g/mol. The molecule has 3 rings (SSSR count). The van der Waals surface area contributed by atoms with Crippen molar-refractivity contribution in [2.45, 2.75) is 89.2 Å². The van der Waals surface area contributed by atoms with E-state index in [2.05, 4.69) is 44.5 Å². The Morgan fingerprint density at radius 2 is 1.58 bits per heavy atom. The number of para-hydroxylation sites is 1. The highest BCUT2D eigenvalue weighted by atomic mass is 28.4. The third kappa shape index (κ3) is 6.63. The van der Waals surface area contributed by atoms with E-state index in [-0.39, 0.29) is 10.9 Å². The van der Waals surface area contributed by atoms with Gasteiger partial charge in [-0.1, -0.05) is 88.6 Å². The maximum Gasteiger partial charge on any atom is 0.327 e. The van der Waals surface area contributed by atoms with E-state index in [0.29, 0.717) is 19.4 Å². The largest absolute Gasteiger partial charge is 0.468 e. The zero-order valence-electron chi connectivity index (χ0n) is 22.6. The van der Waals surface area contributed by atoms with Crippen LogP contribution >= 0.6 is 0 Å². The highest BCUT2D eigenvalue weighted by molar-refractivity contribution is 6.74. The summed E-state index contributed by atoms with van der Waals surface area (Å²) in [4.78, 5) is 26.7. The second-order valence-electron chi connectivity index (χ2n) is 11.3. The monoisotopic (exact) mass is 510 g/mol. The van der Waals surface area contributed by atoms with E-state index in [4.69, 9.17) is 9.16 Å². The van der Waals surface area contributed by atoms with Crippen LogP contribution in [0.2, 0.25) is 18.1 Å². The van der Waals surface area contributed by atoms with E-state index >= 15 is 0 Å². The molecule has 6 nitrogen and oxygen atoms in total. The molecule has 0 aromatic heterocycles. The fraction of sp³-hybridized carbons (Fsp3) is 0.517. The summed E-state index contributed by atoms with van der Waals surface area (Å²) < 4.78 is 11.6. The summed E-state index contributed by atoms with van der Waals surface area (Å²) in [5.41, 5.74) is 1.61.